The van der Waals surface area contributed by atoms with Crippen LogP contribution < -0.4 is 0 Å². The Hall–Kier alpha value is -1.88. The van der Waals surface area contributed by atoms with Crippen LogP contribution in [0.3, 0.4) is 0 Å². The van der Waals surface area contributed by atoms with Crippen LogP contribution in [0.15, 0.2) is 33.6 Å². The molecule has 0 aliphatic carbocycles. The molecular weight excluding hydrogens is 246 g/mol. The summed E-state index contributed by atoms with van der Waals surface area (Å²) in [7, 11) is 0. The van der Waals surface area contributed by atoms with Crippen molar-refractivity contribution >= 4 is 11.3 Å². The smallest absolute Gasteiger partial charge is 0.138 e. The van der Waals surface area contributed by atoms with Gasteiger partial charge in [-0.15, -0.1) is 0 Å². The van der Waals surface area contributed by atoms with Crippen LogP contribution in [-0.4, -0.2) is 14.9 Å². The first-order chi connectivity index (χ1) is 8.74. The molecule has 0 amide bonds. The van der Waals surface area contributed by atoms with Gasteiger partial charge in [-0.05, 0) is 31.4 Å². The molecule has 3 aromatic heterocycles. The van der Waals surface area contributed by atoms with Gasteiger partial charge in [-0.3, -0.25) is 4.68 Å². The molecule has 5 heteroatoms. The quantitative estimate of drug-likeness (QED) is 0.725. The zero-order valence-corrected chi connectivity index (χ0v) is 11.1. The number of thiophene rings is 1. The molecule has 0 fully saturated rings. The molecule has 0 aromatic carbocycles. The maximum absolute atomic E-state index is 5.16. The van der Waals surface area contributed by atoms with Gasteiger partial charge in [-0.2, -0.15) is 16.4 Å². The zero-order chi connectivity index (χ0) is 12.5. The summed E-state index contributed by atoms with van der Waals surface area (Å²) in [4.78, 5) is 0. The fourth-order valence-corrected chi connectivity index (χ4v) is 2.55. The minimum atomic E-state index is 0.700. The number of nitrogens with zero attached hydrogens (tertiary/aromatic N) is 3. The zero-order valence-electron chi connectivity index (χ0n) is 10.3. The van der Waals surface area contributed by atoms with Crippen molar-refractivity contribution in [2.24, 2.45) is 0 Å². The predicted octanol–water partition coefficient (Wildman–Crippen LogP) is 3.26. The lowest BCUT2D eigenvalue weighted by Crippen LogP contribution is -2.02. The molecule has 0 aliphatic heterocycles. The third kappa shape index (κ3) is 1.97. The second-order valence-corrected chi connectivity index (χ2v) is 4.99. The average molecular weight is 259 g/mol. The molecule has 0 aliphatic rings. The van der Waals surface area contributed by atoms with Crippen molar-refractivity contribution < 1.29 is 4.52 Å². The molecule has 0 unspecified atom stereocenters. The number of hydrogen-bond acceptors (Lipinski definition) is 4. The monoisotopic (exact) mass is 259 g/mol. The van der Waals surface area contributed by atoms with E-state index in [4.69, 9.17) is 4.52 Å². The van der Waals surface area contributed by atoms with E-state index in [1.54, 1.807) is 11.3 Å². The Morgan fingerprint density at radius 2 is 2.22 bits per heavy atom. The number of rotatable bonds is 3. The van der Waals surface area contributed by atoms with Crippen LogP contribution in [0.1, 0.15) is 17.0 Å². The van der Waals surface area contributed by atoms with Gasteiger partial charge in [0.1, 0.15) is 5.76 Å². The second-order valence-electron chi connectivity index (χ2n) is 4.21. The van der Waals surface area contributed by atoms with E-state index in [-0.39, 0.29) is 0 Å². The van der Waals surface area contributed by atoms with Gasteiger partial charge in [0.25, 0.3) is 0 Å². The van der Waals surface area contributed by atoms with Crippen molar-refractivity contribution in [3.05, 3.63) is 46.1 Å². The number of aromatic nitrogens is 3. The van der Waals surface area contributed by atoms with Gasteiger partial charge >= 0.3 is 0 Å². The van der Waals surface area contributed by atoms with Crippen LogP contribution in [0.5, 0.6) is 0 Å². The van der Waals surface area contributed by atoms with Crippen molar-refractivity contribution in [1.82, 2.24) is 14.9 Å². The van der Waals surface area contributed by atoms with Gasteiger partial charge in [0.2, 0.25) is 0 Å². The van der Waals surface area contributed by atoms with Crippen molar-refractivity contribution in [3.63, 3.8) is 0 Å². The number of hydrogen-bond donors (Lipinski definition) is 0. The Kier molecular flexibility index (Phi) is 2.76. The van der Waals surface area contributed by atoms with Crippen LogP contribution in [0.2, 0.25) is 0 Å². The van der Waals surface area contributed by atoms with Crippen molar-refractivity contribution in [3.8, 4) is 11.3 Å². The van der Waals surface area contributed by atoms with E-state index in [1.807, 2.05) is 30.8 Å². The highest BCUT2D eigenvalue weighted by atomic mass is 32.1. The van der Waals surface area contributed by atoms with Crippen LogP contribution in [-0.2, 0) is 6.54 Å². The molecule has 0 N–H and O–H groups in total. The lowest BCUT2D eigenvalue weighted by atomic mass is 10.2. The largest absolute Gasteiger partial charge is 0.361 e. The number of aryl methyl sites for hydroxylation is 2. The summed E-state index contributed by atoms with van der Waals surface area (Å²) in [6.07, 6.45) is 1.98. The summed E-state index contributed by atoms with van der Waals surface area (Å²) in [6, 6.07) is 4.10. The Morgan fingerprint density at radius 3 is 2.89 bits per heavy atom. The molecule has 18 heavy (non-hydrogen) atoms. The molecule has 4 nitrogen and oxygen atoms in total. The lowest BCUT2D eigenvalue weighted by Gasteiger charge is -2.00. The minimum Gasteiger partial charge on any atom is -0.361 e. The molecule has 3 aromatic rings. The second kappa shape index (κ2) is 4.42. The Balaban J connectivity index is 1.87. The topological polar surface area (TPSA) is 43.9 Å². The molecular formula is C13H13N3OS. The highest BCUT2D eigenvalue weighted by Gasteiger charge is 2.10. The normalized spacial score (nSPS) is 11.0. The molecule has 0 radical (unpaired) electrons. The summed E-state index contributed by atoms with van der Waals surface area (Å²) in [5.74, 6) is 0.861. The van der Waals surface area contributed by atoms with Gasteiger partial charge < -0.3 is 4.52 Å². The molecule has 0 atom stereocenters. The minimum absolute atomic E-state index is 0.700. The maximum Gasteiger partial charge on any atom is 0.138 e. The van der Waals surface area contributed by atoms with E-state index >= 15 is 0 Å². The van der Waals surface area contributed by atoms with Gasteiger partial charge in [-0.25, -0.2) is 0 Å². The summed E-state index contributed by atoms with van der Waals surface area (Å²) in [6.45, 7) is 4.58. The molecule has 92 valence electrons. The molecule has 0 bridgehead atoms. The van der Waals surface area contributed by atoms with E-state index in [9.17, 15) is 0 Å². The van der Waals surface area contributed by atoms with Crippen LogP contribution >= 0.6 is 11.3 Å². The summed E-state index contributed by atoms with van der Waals surface area (Å²) in [5, 5.41) is 12.7. The van der Waals surface area contributed by atoms with Gasteiger partial charge in [0.05, 0.1) is 17.9 Å². The van der Waals surface area contributed by atoms with Crippen LogP contribution in [0, 0.1) is 13.8 Å². The van der Waals surface area contributed by atoms with E-state index < -0.39 is 0 Å². The Morgan fingerprint density at radius 1 is 1.33 bits per heavy atom. The fourth-order valence-electron chi connectivity index (χ4n) is 1.90. The summed E-state index contributed by atoms with van der Waals surface area (Å²) >= 11 is 1.68. The molecule has 0 spiro atoms. The fraction of sp³-hybridized carbons (Fsp3) is 0.231. The van der Waals surface area contributed by atoms with Gasteiger partial charge in [-0.1, -0.05) is 5.16 Å². The SMILES string of the molecule is Cc1noc(C)c1Cn1ccc(-c2ccsc2)n1. The molecule has 3 heterocycles. The third-order valence-electron chi connectivity index (χ3n) is 2.96. The summed E-state index contributed by atoms with van der Waals surface area (Å²) in [5.41, 5.74) is 4.20. The first-order valence-electron chi connectivity index (χ1n) is 5.72. The third-order valence-corrected chi connectivity index (χ3v) is 3.64. The molecule has 0 saturated heterocycles. The van der Waals surface area contributed by atoms with Gasteiger partial charge in [0, 0.05) is 22.7 Å². The highest BCUT2D eigenvalue weighted by molar-refractivity contribution is 7.08. The van der Waals surface area contributed by atoms with Crippen molar-refractivity contribution in [2.75, 3.05) is 0 Å². The molecule has 0 saturated carbocycles. The van der Waals surface area contributed by atoms with Crippen molar-refractivity contribution in [1.29, 1.82) is 0 Å². The van der Waals surface area contributed by atoms with E-state index in [1.165, 1.54) is 0 Å². The van der Waals surface area contributed by atoms with Crippen LogP contribution in [0.4, 0.5) is 0 Å². The van der Waals surface area contributed by atoms with E-state index in [2.05, 4.69) is 27.1 Å². The van der Waals surface area contributed by atoms with Gasteiger partial charge in [0.15, 0.2) is 0 Å². The first-order valence-corrected chi connectivity index (χ1v) is 6.66. The Bertz CT molecular complexity index is 632. The standard InChI is InChI=1S/C13H13N3OS/c1-9-12(10(2)17-15-9)7-16-5-3-13(14-16)11-4-6-18-8-11/h3-6,8H,7H2,1-2H3. The summed E-state index contributed by atoms with van der Waals surface area (Å²) < 4.78 is 7.07. The molecule has 3 rings (SSSR count). The lowest BCUT2D eigenvalue weighted by molar-refractivity contribution is 0.391. The Labute approximate surface area is 109 Å². The van der Waals surface area contributed by atoms with E-state index in [0.29, 0.717) is 6.54 Å². The highest BCUT2D eigenvalue weighted by Crippen LogP contribution is 2.20. The predicted molar refractivity (Wildman–Crippen MR) is 70.6 cm³/mol. The van der Waals surface area contributed by atoms with Crippen LogP contribution in [0.25, 0.3) is 11.3 Å². The van der Waals surface area contributed by atoms with E-state index in [0.717, 1.165) is 28.3 Å². The maximum atomic E-state index is 5.16. The first kappa shape index (κ1) is 11.2. The average Bonchev–Trinajstić information content (AvgIpc) is 3.06. The van der Waals surface area contributed by atoms with Crippen molar-refractivity contribution in [2.45, 2.75) is 20.4 Å².